The van der Waals surface area contributed by atoms with Gasteiger partial charge in [0.2, 0.25) is 0 Å². The van der Waals surface area contributed by atoms with Crippen LogP contribution in [0.5, 0.6) is 0 Å². The van der Waals surface area contributed by atoms with Crippen LogP contribution < -0.4 is 0 Å². The van der Waals surface area contributed by atoms with Gasteiger partial charge < -0.3 is 10.2 Å². The lowest BCUT2D eigenvalue weighted by molar-refractivity contribution is -0.158. The van der Waals surface area contributed by atoms with Gasteiger partial charge in [-0.2, -0.15) is 0 Å². The fraction of sp³-hybridized carbons (Fsp3) is 0.833. The Labute approximate surface area is 119 Å². The molecule has 0 amide bonds. The van der Waals surface area contributed by atoms with Gasteiger partial charge >= 0.3 is 11.9 Å². The van der Waals surface area contributed by atoms with Crippen LogP contribution in [-0.4, -0.2) is 26.2 Å². The molecule has 0 aliphatic heterocycles. The molecule has 6 heteroatoms. The van der Waals surface area contributed by atoms with Crippen molar-refractivity contribution in [2.24, 2.45) is 17.3 Å². The van der Waals surface area contributed by atoms with Crippen molar-refractivity contribution in [3.8, 4) is 0 Å². The molecular weight excluding hydrogens is 272 g/mol. The fourth-order valence-corrected chi connectivity index (χ4v) is 2.85. The third kappa shape index (κ3) is 3.57. The number of carbonyl (C=O) groups is 2. The first-order valence-corrected chi connectivity index (χ1v) is 6.78. The van der Waals surface area contributed by atoms with Gasteiger partial charge in [-0.3, -0.25) is 4.79 Å². The van der Waals surface area contributed by atoms with E-state index in [1.807, 2.05) is 27.7 Å². The van der Waals surface area contributed by atoms with Gasteiger partial charge in [-0.1, -0.05) is 27.7 Å². The monoisotopic (exact) mass is 294 g/mol. The van der Waals surface area contributed by atoms with Gasteiger partial charge in [0.05, 0.1) is 0 Å². The maximum atomic E-state index is 11.7. The van der Waals surface area contributed by atoms with E-state index in [9.17, 15) is 19.8 Å². The van der Waals surface area contributed by atoms with Gasteiger partial charge in [0.1, 0.15) is 5.41 Å². The molecule has 0 saturated carbocycles. The van der Waals surface area contributed by atoms with Gasteiger partial charge in [-0.15, -0.1) is 25.3 Å². The fourth-order valence-electron chi connectivity index (χ4n) is 2.29. The number of carboxylic acids is 2. The number of thiol groups is 2. The van der Waals surface area contributed by atoms with Crippen molar-refractivity contribution in [2.75, 3.05) is 0 Å². The van der Waals surface area contributed by atoms with Crippen LogP contribution in [0.3, 0.4) is 0 Å². The second kappa shape index (κ2) is 6.19. The van der Waals surface area contributed by atoms with Gasteiger partial charge in [0, 0.05) is 0 Å². The quantitative estimate of drug-likeness (QED) is 0.430. The Kier molecular flexibility index (Phi) is 6.07. The molecule has 106 valence electrons. The highest BCUT2D eigenvalue weighted by molar-refractivity contribution is 8.02. The largest absolute Gasteiger partial charge is 0.481 e. The Balaban J connectivity index is 5.75. The van der Waals surface area contributed by atoms with E-state index in [2.05, 4.69) is 25.3 Å². The molecule has 0 radical (unpaired) electrons. The summed E-state index contributed by atoms with van der Waals surface area (Å²) in [6.45, 7) is 7.43. The summed E-state index contributed by atoms with van der Waals surface area (Å²) in [7, 11) is 0. The van der Waals surface area contributed by atoms with E-state index in [4.69, 9.17) is 0 Å². The molecule has 2 N–H and O–H groups in total. The van der Waals surface area contributed by atoms with Crippen molar-refractivity contribution in [1.29, 1.82) is 0 Å². The molecule has 0 aromatic rings. The molecule has 18 heavy (non-hydrogen) atoms. The minimum atomic E-state index is -1.90. The summed E-state index contributed by atoms with van der Waals surface area (Å²) in [6.07, 6.45) is 0.444. The van der Waals surface area contributed by atoms with E-state index in [1.54, 1.807) is 0 Å². The van der Waals surface area contributed by atoms with Crippen molar-refractivity contribution >= 4 is 37.2 Å². The third-order valence-electron chi connectivity index (χ3n) is 2.89. The Bertz CT molecular complexity index is 314. The lowest BCUT2D eigenvalue weighted by Gasteiger charge is -2.41. The highest BCUT2D eigenvalue weighted by atomic mass is 32.2. The molecule has 0 saturated heterocycles. The normalized spacial score (nSPS) is 13.1. The minimum absolute atomic E-state index is 0.0397. The molecule has 0 aromatic carbocycles. The molecule has 0 fully saturated rings. The third-order valence-corrected chi connectivity index (χ3v) is 4.13. The van der Waals surface area contributed by atoms with E-state index in [0.717, 1.165) is 0 Å². The molecule has 0 aliphatic rings. The van der Waals surface area contributed by atoms with Crippen molar-refractivity contribution in [3.05, 3.63) is 0 Å². The molecule has 4 nitrogen and oxygen atoms in total. The zero-order valence-electron chi connectivity index (χ0n) is 11.2. The Morgan fingerprint density at radius 2 is 1.28 bits per heavy atom. The lowest BCUT2D eigenvalue weighted by Crippen LogP contribution is -2.52. The van der Waals surface area contributed by atoms with Crippen molar-refractivity contribution < 1.29 is 19.8 Å². The first kappa shape index (κ1) is 17.6. The average Bonchev–Trinajstić information content (AvgIpc) is 2.13. The SMILES string of the molecule is CC(C)CC(CC(C)C)(C(=O)O)C(S)(S)C(=O)O. The predicted molar refractivity (Wildman–Crippen MR) is 77.3 cm³/mol. The first-order valence-electron chi connectivity index (χ1n) is 5.89. The number of aliphatic carboxylic acids is 2. The highest BCUT2D eigenvalue weighted by Crippen LogP contribution is 2.49. The molecule has 0 rings (SSSR count). The molecule has 0 aromatic heterocycles. The van der Waals surface area contributed by atoms with Crippen LogP contribution in [0.1, 0.15) is 40.5 Å². The topological polar surface area (TPSA) is 74.6 Å². The van der Waals surface area contributed by atoms with E-state index in [0.29, 0.717) is 0 Å². The van der Waals surface area contributed by atoms with Crippen LogP contribution >= 0.6 is 25.3 Å². The van der Waals surface area contributed by atoms with E-state index >= 15 is 0 Å². The van der Waals surface area contributed by atoms with Crippen LogP contribution in [0.2, 0.25) is 0 Å². The molecule has 0 aliphatic carbocycles. The highest BCUT2D eigenvalue weighted by Gasteiger charge is 2.58. The Hall–Kier alpha value is -0.360. The lowest BCUT2D eigenvalue weighted by atomic mass is 9.71. The zero-order chi connectivity index (χ0) is 14.7. The number of hydrogen-bond acceptors (Lipinski definition) is 4. The van der Waals surface area contributed by atoms with Crippen molar-refractivity contribution in [3.63, 3.8) is 0 Å². The summed E-state index contributed by atoms with van der Waals surface area (Å²) in [5.74, 6) is -2.40. The molecule has 0 unspecified atom stereocenters. The van der Waals surface area contributed by atoms with E-state index < -0.39 is 21.4 Å². The van der Waals surface area contributed by atoms with E-state index in [1.165, 1.54) is 0 Å². The summed E-state index contributed by atoms with van der Waals surface area (Å²) in [5.41, 5.74) is -1.49. The van der Waals surface area contributed by atoms with Crippen LogP contribution in [0.15, 0.2) is 0 Å². The molecule has 0 bridgehead atoms. The minimum Gasteiger partial charge on any atom is -0.481 e. The van der Waals surface area contributed by atoms with Gasteiger partial charge in [0.15, 0.2) is 4.08 Å². The van der Waals surface area contributed by atoms with Crippen molar-refractivity contribution in [1.82, 2.24) is 0 Å². The molecule has 0 heterocycles. The Morgan fingerprint density at radius 1 is 0.944 bits per heavy atom. The smallest absolute Gasteiger partial charge is 0.330 e. The molecule has 0 atom stereocenters. The molecular formula is C12H22O4S2. The zero-order valence-corrected chi connectivity index (χ0v) is 13.0. The summed E-state index contributed by atoms with van der Waals surface area (Å²) in [5, 5.41) is 18.8. The number of rotatable bonds is 7. The van der Waals surface area contributed by atoms with Gasteiger partial charge in [-0.25, -0.2) is 4.79 Å². The summed E-state index contributed by atoms with van der Waals surface area (Å²) >= 11 is 8.07. The maximum absolute atomic E-state index is 11.7. The summed E-state index contributed by atoms with van der Waals surface area (Å²) in [6, 6.07) is 0. The van der Waals surface area contributed by atoms with Gasteiger partial charge in [0.25, 0.3) is 0 Å². The van der Waals surface area contributed by atoms with Crippen LogP contribution in [-0.2, 0) is 9.59 Å². The standard InChI is InChI=1S/C12H22O4S2/c1-7(2)5-11(9(13)14,6-8(3)4)12(17,18)10(15)16/h7-8,17-18H,5-6H2,1-4H3,(H,13,14)(H,15,16). The number of carboxylic acid groups (broad SMARTS) is 2. The van der Waals surface area contributed by atoms with Crippen LogP contribution in [0.25, 0.3) is 0 Å². The predicted octanol–water partition coefficient (Wildman–Crippen LogP) is 2.79. The Morgan fingerprint density at radius 3 is 1.44 bits per heavy atom. The van der Waals surface area contributed by atoms with Gasteiger partial charge in [-0.05, 0) is 24.7 Å². The maximum Gasteiger partial charge on any atom is 0.330 e. The van der Waals surface area contributed by atoms with E-state index in [-0.39, 0.29) is 24.7 Å². The summed E-state index contributed by atoms with van der Waals surface area (Å²) in [4.78, 5) is 23.0. The number of hydrogen-bond donors (Lipinski definition) is 4. The molecule has 0 spiro atoms. The van der Waals surface area contributed by atoms with Crippen LogP contribution in [0.4, 0.5) is 0 Å². The second-order valence-electron chi connectivity index (χ2n) is 5.56. The first-order chi connectivity index (χ1) is 7.97. The van der Waals surface area contributed by atoms with Crippen LogP contribution in [0, 0.1) is 17.3 Å². The summed E-state index contributed by atoms with van der Waals surface area (Å²) < 4.78 is -1.90. The van der Waals surface area contributed by atoms with Crippen molar-refractivity contribution in [2.45, 2.75) is 44.6 Å². The second-order valence-corrected chi connectivity index (χ2v) is 7.25. The average molecular weight is 294 g/mol.